The average molecular weight is 299 g/mol. The maximum absolute atomic E-state index is 12.0. The van der Waals surface area contributed by atoms with Crippen LogP contribution in [0.15, 0.2) is 24.4 Å². The van der Waals surface area contributed by atoms with Gasteiger partial charge in [-0.1, -0.05) is 23.2 Å². The van der Waals surface area contributed by atoms with E-state index in [1.54, 1.807) is 16.9 Å². The van der Waals surface area contributed by atoms with Crippen molar-refractivity contribution < 1.29 is 4.79 Å². The third-order valence-electron chi connectivity index (χ3n) is 2.44. The van der Waals surface area contributed by atoms with Crippen molar-refractivity contribution in [1.29, 1.82) is 0 Å². The summed E-state index contributed by atoms with van der Waals surface area (Å²) in [6.07, 6.45) is 1.79. The lowest BCUT2D eigenvalue weighted by atomic mass is 10.2. The van der Waals surface area contributed by atoms with Gasteiger partial charge in [0.1, 0.15) is 10.3 Å². The van der Waals surface area contributed by atoms with Gasteiger partial charge in [-0.25, -0.2) is 4.98 Å². The number of hydrogen-bond acceptors (Lipinski definition) is 3. The monoisotopic (exact) mass is 298 g/mol. The molecule has 2 aromatic rings. The summed E-state index contributed by atoms with van der Waals surface area (Å²) in [5.74, 6) is 0.0906. The molecule has 0 spiro atoms. The molecule has 0 aliphatic carbocycles. The Kier molecular flexibility index (Phi) is 4.07. The largest absolute Gasteiger partial charge is 0.305 e. The number of halogens is 2. The van der Waals surface area contributed by atoms with Crippen LogP contribution < -0.4 is 5.32 Å². The topological polar surface area (TPSA) is 59.8 Å². The minimum Gasteiger partial charge on any atom is -0.305 e. The lowest BCUT2D eigenvalue weighted by Crippen LogP contribution is -2.14. The zero-order valence-corrected chi connectivity index (χ0v) is 11.9. The number of rotatable bonds is 3. The van der Waals surface area contributed by atoms with Crippen LogP contribution in [-0.2, 0) is 0 Å². The second kappa shape index (κ2) is 5.59. The molecule has 2 rings (SSSR count). The van der Waals surface area contributed by atoms with Crippen molar-refractivity contribution in [3.63, 3.8) is 0 Å². The Morgan fingerprint density at radius 1 is 1.32 bits per heavy atom. The lowest BCUT2D eigenvalue weighted by molar-refractivity contribution is 0.102. The minimum absolute atomic E-state index is 0.0632. The number of carbonyl (C=O) groups excluding carboxylic acids is 1. The van der Waals surface area contributed by atoms with Crippen LogP contribution >= 0.6 is 23.2 Å². The molecule has 0 aliphatic heterocycles. The normalized spacial score (nSPS) is 10.8. The van der Waals surface area contributed by atoms with E-state index in [9.17, 15) is 4.79 Å². The number of amides is 1. The number of pyridine rings is 1. The van der Waals surface area contributed by atoms with Crippen molar-refractivity contribution in [2.24, 2.45) is 0 Å². The van der Waals surface area contributed by atoms with Crippen LogP contribution in [0.2, 0.25) is 10.3 Å². The Morgan fingerprint density at radius 3 is 2.63 bits per heavy atom. The molecule has 2 aromatic heterocycles. The van der Waals surface area contributed by atoms with E-state index in [1.807, 2.05) is 13.8 Å². The van der Waals surface area contributed by atoms with Gasteiger partial charge in [-0.3, -0.25) is 9.48 Å². The standard InChI is InChI=1S/C12H12Cl2N4O/c1-7(2)18-6-5-10(17-18)16-12(19)8-3-4-9(13)15-11(8)14/h3-7H,1-2H3,(H,16,17,19). The summed E-state index contributed by atoms with van der Waals surface area (Å²) in [5, 5.41) is 7.18. The van der Waals surface area contributed by atoms with Gasteiger partial charge >= 0.3 is 0 Å². The van der Waals surface area contributed by atoms with Crippen molar-refractivity contribution >= 4 is 34.9 Å². The first-order valence-electron chi connectivity index (χ1n) is 5.66. The summed E-state index contributed by atoms with van der Waals surface area (Å²) < 4.78 is 1.75. The smallest absolute Gasteiger partial charge is 0.259 e. The van der Waals surface area contributed by atoms with E-state index in [1.165, 1.54) is 12.1 Å². The van der Waals surface area contributed by atoms with Gasteiger partial charge in [-0.05, 0) is 26.0 Å². The lowest BCUT2D eigenvalue weighted by Gasteiger charge is -2.05. The summed E-state index contributed by atoms with van der Waals surface area (Å²) >= 11 is 11.5. The second-order valence-corrected chi connectivity index (χ2v) is 4.95. The Hall–Kier alpha value is -1.59. The Bertz CT molecular complexity index is 610. The molecular formula is C12H12Cl2N4O. The van der Waals surface area contributed by atoms with Crippen LogP contribution in [0.5, 0.6) is 0 Å². The van der Waals surface area contributed by atoms with Gasteiger partial charge in [0, 0.05) is 18.3 Å². The van der Waals surface area contributed by atoms with Crippen LogP contribution in [0.1, 0.15) is 30.2 Å². The van der Waals surface area contributed by atoms with Gasteiger partial charge in [-0.2, -0.15) is 5.10 Å². The van der Waals surface area contributed by atoms with E-state index in [-0.39, 0.29) is 27.8 Å². The van der Waals surface area contributed by atoms with Gasteiger partial charge in [-0.15, -0.1) is 0 Å². The number of anilines is 1. The summed E-state index contributed by atoms with van der Waals surface area (Å²) in [4.78, 5) is 15.8. The Morgan fingerprint density at radius 2 is 2.05 bits per heavy atom. The number of nitrogens with one attached hydrogen (secondary N) is 1. The van der Waals surface area contributed by atoms with E-state index in [0.29, 0.717) is 5.82 Å². The van der Waals surface area contributed by atoms with Crippen molar-refractivity contribution in [1.82, 2.24) is 14.8 Å². The molecule has 0 bridgehead atoms. The summed E-state index contributed by atoms with van der Waals surface area (Å²) in [7, 11) is 0. The first-order chi connectivity index (χ1) is 8.97. The fourth-order valence-electron chi connectivity index (χ4n) is 1.46. The van der Waals surface area contributed by atoms with Gasteiger partial charge < -0.3 is 5.32 Å². The van der Waals surface area contributed by atoms with Crippen LogP contribution in [0.3, 0.4) is 0 Å². The van der Waals surface area contributed by atoms with Crippen molar-refractivity contribution in [2.45, 2.75) is 19.9 Å². The molecule has 5 nitrogen and oxygen atoms in total. The molecule has 0 atom stereocenters. The number of hydrogen-bond donors (Lipinski definition) is 1. The van der Waals surface area contributed by atoms with Crippen LogP contribution in [-0.4, -0.2) is 20.7 Å². The predicted molar refractivity (Wildman–Crippen MR) is 74.8 cm³/mol. The van der Waals surface area contributed by atoms with Crippen LogP contribution in [0.4, 0.5) is 5.82 Å². The van der Waals surface area contributed by atoms with E-state index < -0.39 is 0 Å². The maximum Gasteiger partial charge on any atom is 0.259 e. The molecule has 100 valence electrons. The second-order valence-electron chi connectivity index (χ2n) is 4.20. The van der Waals surface area contributed by atoms with Crippen molar-refractivity contribution in [2.75, 3.05) is 5.32 Å². The Balaban J connectivity index is 2.16. The summed E-state index contributed by atoms with van der Waals surface area (Å²) in [5.41, 5.74) is 0.255. The van der Waals surface area contributed by atoms with E-state index in [2.05, 4.69) is 15.4 Å². The van der Waals surface area contributed by atoms with Crippen molar-refractivity contribution in [3.05, 3.63) is 40.3 Å². The zero-order chi connectivity index (χ0) is 14.0. The molecule has 1 amide bonds. The van der Waals surface area contributed by atoms with Gasteiger partial charge in [0.15, 0.2) is 5.82 Å². The molecule has 0 saturated heterocycles. The van der Waals surface area contributed by atoms with E-state index in [0.717, 1.165) is 0 Å². The maximum atomic E-state index is 12.0. The van der Waals surface area contributed by atoms with Crippen molar-refractivity contribution in [3.8, 4) is 0 Å². The zero-order valence-electron chi connectivity index (χ0n) is 10.4. The molecule has 7 heteroatoms. The van der Waals surface area contributed by atoms with Gasteiger partial charge in [0.25, 0.3) is 5.91 Å². The molecule has 0 aromatic carbocycles. The molecule has 2 heterocycles. The minimum atomic E-state index is -0.372. The molecular weight excluding hydrogens is 287 g/mol. The van der Waals surface area contributed by atoms with Gasteiger partial charge in [0.05, 0.1) is 5.56 Å². The van der Waals surface area contributed by atoms with E-state index in [4.69, 9.17) is 23.2 Å². The highest BCUT2D eigenvalue weighted by Gasteiger charge is 2.13. The molecule has 0 radical (unpaired) electrons. The van der Waals surface area contributed by atoms with E-state index >= 15 is 0 Å². The quantitative estimate of drug-likeness (QED) is 0.883. The molecule has 0 saturated carbocycles. The SMILES string of the molecule is CC(C)n1ccc(NC(=O)c2ccc(Cl)nc2Cl)n1. The first kappa shape index (κ1) is 13.8. The third kappa shape index (κ3) is 3.24. The fraction of sp³-hybridized carbons (Fsp3) is 0.250. The van der Waals surface area contributed by atoms with Crippen LogP contribution in [0, 0.1) is 0 Å². The van der Waals surface area contributed by atoms with Crippen LogP contribution in [0.25, 0.3) is 0 Å². The highest BCUT2D eigenvalue weighted by Crippen LogP contribution is 2.18. The number of carbonyl (C=O) groups is 1. The summed E-state index contributed by atoms with van der Waals surface area (Å²) in [6.45, 7) is 4.00. The molecule has 0 aliphatic rings. The first-order valence-corrected chi connectivity index (χ1v) is 6.41. The van der Waals surface area contributed by atoms with Gasteiger partial charge in [0.2, 0.25) is 0 Å². The predicted octanol–water partition coefficient (Wildman–Crippen LogP) is 3.42. The molecule has 0 unspecified atom stereocenters. The fourth-order valence-corrected chi connectivity index (χ4v) is 1.89. The third-order valence-corrected chi connectivity index (χ3v) is 2.94. The molecule has 1 N–H and O–H groups in total. The highest BCUT2D eigenvalue weighted by atomic mass is 35.5. The average Bonchev–Trinajstić information content (AvgIpc) is 2.77. The number of nitrogens with zero attached hydrogens (tertiary/aromatic N) is 3. The Labute approximate surface area is 120 Å². The number of aromatic nitrogens is 3. The summed E-state index contributed by atoms with van der Waals surface area (Å²) in [6, 6.07) is 4.97. The highest BCUT2D eigenvalue weighted by molar-refractivity contribution is 6.35. The molecule has 19 heavy (non-hydrogen) atoms. The molecule has 0 fully saturated rings.